The zero-order valence-electron chi connectivity index (χ0n) is 14.4. The number of aromatic nitrogens is 2. The lowest BCUT2D eigenvalue weighted by atomic mass is 10.0. The molecule has 5 nitrogen and oxygen atoms in total. The fourth-order valence-electron chi connectivity index (χ4n) is 4.21. The van der Waals surface area contributed by atoms with Gasteiger partial charge in [0.25, 0.3) is 0 Å². The van der Waals surface area contributed by atoms with Crippen LogP contribution in [0.1, 0.15) is 5.56 Å². The van der Waals surface area contributed by atoms with Gasteiger partial charge in [-0.3, -0.25) is 9.69 Å². The van der Waals surface area contributed by atoms with E-state index in [0.717, 1.165) is 43.1 Å². The molecular formula is C21H20N4O. The molecule has 130 valence electrons. The van der Waals surface area contributed by atoms with Crippen LogP contribution < -0.4 is 5.32 Å². The number of benzene rings is 2. The van der Waals surface area contributed by atoms with E-state index in [4.69, 9.17) is 0 Å². The molecule has 0 bridgehead atoms. The molecule has 0 unspecified atom stereocenters. The lowest BCUT2D eigenvalue weighted by Gasteiger charge is -2.16. The zero-order chi connectivity index (χ0) is 17.5. The molecule has 3 aromatic rings. The standard InChI is InChI=1S/C21H20N4O/c26-21-19-13-25(12-16(19)10-24-21)11-14-8-22-20(23-9-14)18-7-3-5-15-4-1-2-6-17(15)18/h1-9,16,19H,10-13H2,(H,24,26)/t16-,19+/m0/s1. The number of hydrogen-bond acceptors (Lipinski definition) is 4. The Morgan fingerprint density at radius 3 is 2.69 bits per heavy atom. The Morgan fingerprint density at radius 1 is 1.04 bits per heavy atom. The maximum Gasteiger partial charge on any atom is 0.224 e. The molecule has 2 aromatic carbocycles. The van der Waals surface area contributed by atoms with E-state index < -0.39 is 0 Å². The summed E-state index contributed by atoms with van der Waals surface area (Å²) in [6.07, 6.45) is 3.83. The van der Waals surface area contributed by atoms with Gasteiger partial charge in [-0.25, -0.2) is 9.97 Å². The van der Waals surface area contributed by atoms with Gasteiger partial charge in [0, 0.05) is 55.6 Å². The summed E-state index contributed by atoms with van der Waals surface area (Å²) in [5, 5.41) is 5.32. The minimum absolute atomic E-state index is 0.158. The summed E-state index contributed by atoms with van der Waals surface area (Å²) < 4.78 is 0. The number of fused-ring (bicyclic) bond motifs is 2. The highest BCUT2D eigenvalue weighted by atomic mass is 16.2. The van der Waals surface area contributed by atoms with Gasteiger partial charge in [0.05, 0.1) is 5.92 Å². The Balaban J connectivity index is 1.35. The van der Waals surface area contributed by atoms with Gasteiger partial charge in [-0.2, -0.15) is 0 Å². The molecule has 0 spiro atoms. The Morgan fingerprint density at radius 2 is 1.85 bits per heavy atom. The van der Waals surface area contributed by atoms with Crippen LogP contribution in [0.4, 0.5) is 0 Å². The van der Waals surface area contributed by atoms with Crippen molar-refractivity contribution in [2.45, 2.75) is 6.54 Å². The lowest BCUT2D eigenvalue weighted by Crippen LogP contribution is -2.28. The molecule has 3 heterocycles. The Labute approximate surface area is 152 Å². The molecule has 2 aliphatic heterocycles. The number of carbonyl (C=O) groups is 1. The van der Waals surface area contributed by atoms with E-state index in [1.54, 1.807) is 0 Å². The van der Waals surface area contributed by atoms with E-state index in [1.807, 2.05) is 30.6 Å². The second-order valence-electron chi connectivity index (χ2n) is 7.25. The normalized spacial score (nSPS) is 22.5. The third-order valence-corrected chi connectivity index (χ3v) is 5.53. The number of hydrogen-bond donors (Lipinski definition) is 1. The monoisotopic (exact) mass is 344 g/mol. The van der Waals surface area contributed by atoms with Gasteiger partial charge in [-0.1, -0.05) is 42.5 Å². The molecule has 0 aliphatic carbocycles. The molecule has 0 saturated carbocycles. The number of likely N-dealkylation sites (tertiary alicyclic amines) is 1. The van der Waals surface area contributed by atoms with E-state index in [9.17, 15) is 4.79 Å². The van der Waals surface area contributed by atoms with Crippen LogP contribution in [0.5, 0.6) is 0 Å². The molecule has 5 heteroatoms. The molecule has 2 fully saturated rings. The second kappa shape index (κ2) is 6.18. The second-order valence-corrected chi connectivity index (χ2v) is 7.25. The van der Waals surface area contributed by atoms with Gasteiger partial charge >= 0.3 is 0 Å². The molecule has 5 rings (SSSR count). The first kappa shape index (κ1) is 15.5. The molecule has 2 atom stereocenters. The minimum atomic E-state index is 0.158. The van der Waals surface area contributed by atoms with Crippen LogP contribution in [-0.4, -0.2) is 40.4 Å². The van der Waals surface area contributed by atoms with E-state index >= 15 is 0 Å². The van der Waals surface area contributed by atoms with Crippen molar-refractivity contribution in [3.8, 4) is 11.4 Å². The SMILES string of the molecule is O=C1NC[C@H]2CN(Cc3cnc(-c4cccc5ccccc45)nc3)C[C@@H]12. The smallest absolute Gasteiger partial charge is 0.224 e. The van der Waals surface area contributed by atoms with E-state index in [1.165, 1.54) is 10.8 Å². The van der Waals surface area contributed by atoms with Crippen molar-refractivity contribution in [2.75, 3.05) is 19.6 Å². The molecule has 1 amide bonds. The quantitative estimate of drug-likeness (QED) is 0.793. The van der Waals surface area contributed by atoms with Crippen LogP contribution in [-0.2, 0) is 11.3 Å². The number of amides is 1. The van der Waals surface area contributed by atoms with Crippen LogP contribution in [0.2, 0.25) is 0 Å². The van der Waals surface area contributed by atoms with Crippen LogP contribution in [0.3, 0.4) is 0 Å². The summed E-state index contributed by atoms with van der Waals surface area (Å²) in [4.78, 5) is 23.4. The fourth-order valence-corrected chi connectivity index (χ4v) is 4.21. The third kappa shape index (κ3) is 2.65. The summed E-state index contributed by atoms with van der Waals surface area (Å²) >= 11 is 0. The molecule has 1 aromatic heterocycles. The Kier molecular flexibility index (Phi) is 3.68. The van der Waals surface area contributed by atoms with Gasteiger partial charge in [-0.05, 0) is 10.8 Å². The lowest BCUT2D eigenvalue weighted by molar-refractivity contribution is -0.122. The summed E-state index contributed by atoms with van der Waals surface area (Å²) in [5.41, 5.74) is 2.15. The average Bonchev–Trinajstić information content (AvgIpc) is 3.23. The topological polar surface area (TPSA) is 58.1 Å². The Bertz CT molecular complexity index is 964. The summed E-state index contributed by atoms with van der Waals surface area (Å²) in [7, 11) is 0. The van der Waals surface area contributed by atoms with E-state index in [0.29, 0.717) is 5.92 Å². The molecule has 1 N–H and O–H groups in total. The number of nitrogens with zero attached hydrogens (tertiary/aromatic N) is 3. The third-order valence-electron chi connectivity index (χ3n) is 5.53. The van der Waals surface area contributed by atoms with Crippen molar-refractivity contribution in [3.63, 3.8) is 0 Å². The van der Waals surface area contributed by atoms with Crippen LogP contribution in [0, 0.1) is 11.8 Å². The van der Waals surface area contributed by atoms with Gasteiger partial charge in [0.1, 0.15) is 0 Å². The van der Waals surface area contributed by atoms with Crippen molar-refractivity contribution >= 4 is 16.7 Å². The number of rotatable bonds is 3. The minimum Gasteiger partial charge on any atom is -0.355 e. The molecule has 26 heavy (non-hydrogen) atoms. The van der Waals surface area contributed by atoms with Crippen LogP contribution in [0.25, 0.3) is 22.2 Å². The van der Waals surface area contributed by atoms with Crippen LogP contribution >= 0.6 is 0 Å². The highest BCUT2D eigenvalue weighted by Gasteiger charge is 2.41. The van der Waals surface area contributed by atoms with Crippen molar-refractivity contribution in [2.24, 2.45) is 11.8 Å². The average molecular weight is 344 g/mol. The fraction of sp³-hybridized carbons (Fsp3) is 0.286. The molecule has 2 saturated heterocycles. The van der Waals surface area contributed by atoms with Crippen molar-refractivity contribution in [1.29, 1.82) is 0 Å². The van der Waals surface area contributed by atoms with Gasteiger partial charge in [-0.15, -0.1) is 0 Å². The predicted octanol–water partition coefficient (Wildman–Crippen LogP) is 2.47. The van der Waals surface area contributed by atoms with Crippen molar-refractivity contribution in [1.82, 2.24) is 20.2 Å². The largest absolute Gasteiger partial charge is 0.355 e. The van der Waals surface area contributed by atoms with Gasteiger partial charge in [0.15, 0.2) is 5.82 Å². The van der Waals surface area contributed by atoms with Gasteiger partial charge in [0.2, 0.25) is 5.91 Å². The highest BCUT2D eigenvalue weighted by Crippen LogP contribution is 2.29. The summed E-state index contributed by atoms with van der Waals surface area (Å²) in [5.74, 6) is 1.58. The number of nitrogens with one attached hydrogen (secondary N) is 1. The highest BCUT2D eigenvalue weighted by molar-refractivity contribution is 5.94. The molecule has 0 radical (unpaired) electrons. The van der Waals surface area contributed by atoms with Crippen molar-refractivity contribution < 1.29 is 4.79 Å². The first-order valence-corrected chi connectivity index (χ1v) is 9.07. The van der Waals surface area contributed by atoms with E-state index in [2.05, 4.69) is 44.5 Å². The van der Waals surface area contributed by atoms with Crippen molar-refractivity contribution in [3.05, 3.63) is 60.4 Å². The maximum atomic E-state index is 11.8. The van der Waals surface area contributed by atoms with Gasteiger partial charge < -0.3 is 5.32 Å². The van der Waals surface area contributed by atoms with E-state index in [-0.39, 0.29) is 11.8 Å². The van der Waals surface area contributed by atoms with Crippen LogP contribution in [0.15, 0.2) is 54.9 Å². The maximum absolute atomic E-state index is 11.8. The Hall–Kier alpha value is -2.79. The first-order chi connectivity index (χ1) is 12.8. The number of carbonyl (C=O) groups excluding carboxylic acids is 1. The molecular weight excluding hydrogens is 324 g/mol. The molecule has 2 aliphatic rings. The summed E-state index contributed by atoms with van der Waals surface area (Å²) in [6.45, 7) is 3.42. The summed E-state index contributed by atoms with van der Waals surface area (Å²) in [6, 6.07) is 14.5. The zero-order valence-corrected chi connectivity index (χ0v) is 14.4. The first-order valence-electron chi connectivity index (χ1n) is 9.07. The predicted molar refractivity (Wildman–Crippen MR) is 100 cm³/mol.